The average molecular weight is 627 g/mol. The van der Waals surface area contributed by atoms with E-state index in [-0.39, 0.29) is 30.8 Å². The Morgan fingerprint density at radius 2 is 2.02 bits per heavy atom. The third-order valence-corrected chi connectivity index (χ3v) is 8.30. The number of halogens is 1. The van der Waals surface area contributed by atoms with Crippen LogP contribution in [0.1, 0.15) is 52.4 Å². The third-order valence-electron chi connectivity index (χ3n) is 7.94. The van der Waals surface area contributed by atoms with Crippen LogP contribution in [0.2, 0.25) is 5.02 Å². The zero-order valence-corrected chi connectivity index (χ0v) is 25.8. The first-order valence-corrected chi connectivity index (χ1v) is 15.2. The zero-order valence-electron chi connectivity index (χ0n) is 25.0. The Kier molecular flexibility index (Phi) is 10.5. The molecule has 1 fully saturated rings. The van der Waals surface area contributed by atoms with Crippen LogP contribution in [0, 0.1) is 12.3 Å². The van der Waals surface area contributed by atoms with Gasteiger partial charge in [-0.1, -0.05) is 30.0 Å². The molecule has 3 aromatic rings. The molecule has 0 aliphatic carbocycles. The Labute approximate surface area is 267 Å². The number of nitrogens with one attached hydrogen (secondary N) is 2. The number of carbonyl (C=O) groups excluding carboxylic acids is 3. The molecule has 2 aromatic carbocycles. The van der Waals surface area contributed by atoms with Gasteiger partial charge in [0.1, 0.15) is 12.6 Å². The first kappa shape index (κ1) is 31.7. The standard InChI is InChI=1S/C34H35ClN6O4/c1-3-15-40(26-11-9-24(10-12-26)34(44)38-19-23-7-6-13-36-18-23)20-25-16-27-30(17-28(25)35)39-22-41(21-31(42)45-2)32(27)33(43)29-8-4-5-14-37-29/h1,6-7,9-13,16-18,22,29,32,37H,4-5,8,14-15,19-21H2,2H3,(H,38,44). The zero-order chi connectivity index (χ0) is 31.8. The number of piperidine rings is 1. The summed E-state index contributed by atoms with van der Waals surface area (Å²) in [5, 5.41) is 6.71. The lowest BCUT2D eigenvalue weighted by molar-refractivity contribution is -0.141. The van der Waals surface area contributed by atoms with Crippen molar-refractivity contribution in [1.29, 1.82) is 0 Å². The van der Waals surface area contributed by atoms with Crippen molar-refractivity contribution in [2.24, 2.45) is 4.99 Å². The average Bonchev–Trinajstić information content (AvgIpc) is 3.08. The van der Waals surface area contributed by atoms with Gasteiger partial charge in [0.25, 0.3) is 5.91 Å². The molecule has 2 aliphatic heterocycles. The SMILES string of the molecule is C#CCN(Cc1cc2c(cc1Cl)N=CN(CC(=O)OC)C2C(=O)C1CCCCN1)c1ccc(C(=O)NCc2cccnc2)cc1. The van der Waals surface area contributed by atoms with E-state index in [2.05, 4.69) is 26.5 Å². The van der Waals surface area contributed by atoms with E-state index >= 15 is 0 Å². The fourth-order valence-electron chi connectivity index (χ4n) is 5.57. The number of rotatable bonds is 11. The van der Waals surface area contributed by atoms with E-state index in [0.717, 1.165) is 42.6 Å². The smallest absolute Gasteiger partial charge is 0.325 e. The Morgan fingerprint density at radius 1 is 1.20 bits per heavy atom. The number of terminal acetylenes is 1. The van der Waals surface area contributed by atoms with E-state index in [1.54, 1.807) is 35.5 Å². The second-order valence-corrected chi connectivity index (χ2v) is 11.4. The summed E-state index contributed by atoms with van der Waals surface area (Å²) < 4.78 is 4.90. The molecule has 11 heteroatoms. The van der Waals surface area contributed by atoms with Gasteiger partial charge < -0.3 is 25.2 Å². The summed E-state index contributed by atoms with van der Waals surface area (Å²) in [4.78, 5) is 51.1. The molecule has 45 heavy (non-hydrogen) atoms. The summed E-state index contributed by atoms with van der Waals surface area (Å²) in [5.74, 6) is 2.00. The first-order valence-electron chi connectivity index (χ1n) is 14.8. The Morgan fingerprint density at radius 3 is 2.71 bits per heavy atom. The predicted molar refractivity (Wildman–Crippen MR) is 173 cm³/mol. The summed E-state index contributed by atoms with van der Waals surface area (Å²) in [7, 11) is 1.32. The molecule has 2 unspecified atom stereocenters. The number of esters is 1. The second-order valence-electron chi connectivity index (χ2n) is 11.0. The summed E-state index contributed by atoms with van der Waals surface area (Å²) in [6.45, 7) is 1.63. The van der Waals surface area contributed by atoms with Crippen LogP contribution in [-0.4, -0.2) is 66.7 Å². The molecule has 0 bridgehead atoms. The second kappa shape index (κ2) is 14.8. The van der Waals surface area contributed by atoms with Crippen molar-refractivity contribution in [2.75, 3.05) is 31.6 Å². The number of fused-ring (bicyclic) bond motifs is 1. The van der Waals surface area contributed by atoms with E-state index in [1.807, 2.05) is 35.2 Å². The summed E-state index contributed by atoms with van der Waals surface area (Å²) >= 11 is 6.77. The van der Waals surface area contributed by atoms with Crippen LogP contribution in [0.5, 0.6) is 0 Å². The normalized spacial score (nSPS) is 17.1. The molecule has 0 radical (unpaired) electrons. The molecular weight excluding hydrogens is 592 g/mol. The van der Waals surface area contributed by atoms with Crippen LogP contribution in [0.4, 0.5) is 11.4 Å². The third kappa shape index (κ3) is 7.69. The summed E-state index contributed by atoms with van der Waals surface area (Å²) in [6, 6.07) is 13.4. The van der Waals surface area contributed by atoms with Crippen molar-refractivity contribution in [2.45, 2.75) is 44.4 Å². The van der Waals surface area contributed by atoms with Crippen molar-refractivity contribution in [1.82, 2.24) is 20.5 Å². The van der Waals surface area contributed by atoms with Crippen LogP contribution < -0.4 is 15.5 Å². The Hall–Kier alpha value is -4.72. The number of hydrogen-bond donors (Lipinski definition) is 2. The number of nitrogens with zero attached hydrogens (tertiary/aromatic N) is 4. The van der Waals surface area contributed by atoms with E-state index in [0.29, 0.717) is 34.9 Å². The van der Waals surface area contributed by atoms with Crippen molar-refractivity contribution < 1.29 is 19.1 Å². The van der Waals surface area contributed by atoms with Crippen LogP contribution in [0.3, 0.4) is 0 Å². The maximum atomic E-state index is 13.9. The van der Waals surface area contributed by atoms with Crippen LogP contribution in [-0.2, 0) is 27.4 Å². The molecule has 10 nitrogen and oxygen atoms in total. The summed E-state index contributed by atoms with van der Waals surface area (Å²) in [5.41, 5.74) is 4.20. The number of ether oxygens (including phenoxy) is 1. The fourth-order valence-corrected chi connectivity index (χ4v) is 5.79. The Balaban J connectivity index is 1.38. The van der Waals surface area contributed by atoms with Gasteiger partial charge in [-0.25, -0.2) is 4.99 Å². The summed E-state index contributed by atoms with van der Waals surface area (Å²) in [6.07, 6.45) is 13.3. The number of amides is 1. The molecule has 0 saturated carbocycles. The predicted octanol–water partition coefficient (Wildman–Crippen LogP) is 4.21. The van der Waals surface area contributed by atoms with Gasteiger partial charge in [-0.2, -0.15) is 0 Å². The van der Waals surface area contributed by atoms with Gasteiger partial charge in [0.2, 0.25) is 0 Å². The van der Waals surface area contributed by atoms with Crippen LogP contribution >= 0.6 is 11.6 Å². The molecule has 2 atom stereocenters. The molecular formula is C34H35ClN6O4. The monoisotopic (exact) mass is 626 g/mol. The van der Waals surface area contributed by atoms with E-state index in [9.17, 15) is 14.4 Å². The fraction of sp³-hybridized carbons (Fsp3) is 0.324. The van der Waals surface area contributed by atoms with Crippen molar-refractivity contribution >= 4 is 47.0 Å². The number of ketones is 1. The molecule has 2 aliphatic rings. The van der Waals surface area contributed by atoms with Gasteiger partial charge in [0, 0.05) is 47.3 Å². The van der Waals surface area contributed by atoms with E-state index < -0.39 is 12.0 Å². The molecule has 3 heterocycles. The van der Waals surface area contributed by atoms with Gasteiger partial charge in [-0.05, 0) is 73.0 Å². The number of anilines is 1. The van der Waals surface area contributed by atoms with Crippen molar-refractivity contribution in [3.8, 4) is 12.3 Å². The maximum Gasteiger partial charge on any atom is 0.325 e. The van der Waals surface area contributed by atoms with Gasteiger partial charge in [-0.15, -0.1) is 6.42 Å². The van der Waals surface area contributed by atoms with Gasteiger partial charge in [0.15, 0.2) is 5.78 Å². The molecule has 5 rings (SSSR count). The minimum absolute atomic E-state index is 0.0304. The minimum Gasteiger partial charge on any atom is -0.468 e. The highest BCUT2D eigenvalue weighted by molar-refractivity contribution is 6.31. The van der Waals surface area contributed by atoms with Gasteiger partial charge in [0.05, 0.1) is 31.7 Å². The first-order chi connectivity index (χ1) is 21.9. The van der Waals surface area contributed by atoms with Crippen LogP contribution in [0.15, 0.2) is 65.9 Å². The largest absolute Gasteiger partial charge is 0.468 e. The number of aliphatic imine (C=N–C) groups is 1. The molecule has 2 N–H and O–H groups in total. The Bertz CT molecular complexity index is 1600. The number of pyridine rings is 1. The lowest BCUT2D eigenvalue weighted by atomic mass is 9.89. The highest BCUT2D eigenvalue weighted by atomic mass is 35.5. The van der Waals surface area contributed by atoms with E-state index in [4.69, 9.17) is 22.8 Å². The number of benzene rings is 2. The minimum atomic E-state index is -0.742. The highest BCUT2D eigenvalue weighted by Crippen LogP contribution is 2.39. The van der Waals surface area contributed by atoms with Crippen molar-refractivity contribution in [3.05, 3.63) is 88.2 Å². The molecule has 232 valence electrons. The maximum absolute atomic E-state index is 13.9. The number of aromatic nitrogens is 1. The highest BCUT2D eigenvalue weighted by Gasteiger charge is 2.37. The molecule has 0 spiro atoms. The molecule has 1 saturated heterocycles. The van der Waals surface area contributed by atoms with Gasteiger partial charge >= 0.3 is 5.97 Å². The molecule has 1 aromatic heterocycles. The quantitative estimate of drug-likeness (QED) is 0.240. The van der Waals surface area contributed by atoms with E-state index in [1.165, 1.54) is 13.4 Å². The number of carbonyl (C=O) groups is 3. The van der Waals surface area contributed by atoms with Crippen molar-refractivity contribution in [3.63, 3.8) is 0 Å². The number of methoxy groups -OCH3 is 1. The molecule has 1 amide bonds. The topological polar surface area (TPSA) is 116 Å². The lowest BCUT2D eigenvalue weighted by Crippen LogP contribution is -2.48. The lowest BCUT2D eigenvalue weighted by Gasteiger charge is -2.36. The number of Topliss-reactive ketones (excluding diaryl/α,β-unsaturated/α-hetero) is 1. The van der Waals surface area contributed by atoms with Crippen LogP contribution in [0.25, 0.3) is 0 Å². The number of hydrogen-bond acceptors (Lipinski definition) is 9. The van der Waals surface area contributed by atoms with Gasteiger partial charge in [-0.3, -0.25) is 19.4 Å².